The highest BCUT2D eigenvalue weighted by molar-refractivity contribution is 7.07. The minimum absolute atomic E-state index is 0.306. The third-order valence-corrected chi connectivity index (χ3v) is 2.77. The van der Waals surface area contributed by atoms with Crippen molar-refractivity contribution < 1.29 is 0 Å². The number of nitrogen functional groups attached to an aromatic ring is 1. The average molecular weight is 235 g/mol. The number of aryl methyl sites for hydroxylation is 1. The monoisotopic (exact) mass is 235 g/mol. The van der Waals surface area contributed by atoms with Gasteiger partial charge in [0.25, 0.3) is 0 Å². The lowest BCUT2D eigenvalue weighted by molar-refractivity contribution is 0.868. The van der Waals surface area contributed by atoms with Gasteiger partial charge in [-0.25, -0.2) is 9.97 Å². The Labute approximate surface area is 98.0 Å². The van der Waals surface area contributed by atoms with Crippen molar-refractivity contribution in [3.63, 3.8) is 0 Å². The van der Waals surface area contributed by atoms with Crippen LogP contribution in [-0.4, -0.2) is 22.0 Å². The number of anilines is 2. The zero-order chi connectivity index (χ0) is 11.5. The number of hydrogen-bond donors (Lipinski definition) is 1. The highest BCUT2D eigenvalue weighted by Crippen LogP contribution is 2.14. The van der Waals surface area contributed by atoms with Gasteiger partial charge in [0.15, 0.2) is 0 Å². The van der Waals surface area contributed by atoms with Crippen LogP contribution in [0.2, 0.25) is 0 Å². The van der Waals surface area contributed by atoms with Crippen LogP contribution in [0, 0.1) is 6.92 Å². The lowest BCUT2D eigenvalue weighted by atomic mass is 10.4. The van der Waals surface area contributed by atoms with Crippen LogP contribution >= 0.6 is 11.3 Å². The van der Waals surface area contributed by atoms with E-state index in [9.17, 15) is 0 Å². The minimum Gasteiger partial charge on any atom is -0.368 e. The lowest BCUT2D eigenvalue weighted by Crippen LogP contribution is -2.19. The molecule has 2 N–H and O–H groups in total. The molecule has 0 saturated heterocycles. The van der Waals surface area contributed by atoms with E-state index in [1.165, 1.54) is 0 Å². The molecule has 84 valence electrons. The van der Waals surface area contributed by atoms with Crippen molar-refractivity contribution in [3.8, 4) is 0 Å². The van der Waals surface area contributed by atoms with E-state index in [2.05, 4.69) is 15.0 Å². The Morgan fingerprint density at radius 1 is 1.44 bits per heavy atom. The molecule has 0 fully saturated rings. The standard InChI is InChI=1S/C10H13N5S/c1-7-3-9(14-10(11)13-7)15(2)4-8-5-16-6-12-8/h3,5-6H,4H2,1-2H3,(H2,11,13,14). The maximum atomic E-state index is 5.61. The van der Waals surface area contributed by atoms with E-state index in [-0.39, 0.29) is 0 Å². The summed E-state index contributed by atoms with van der Waals surface area (Å²) in [7, 11) is 1.96. The Morgan fingerprint density at radius 2 is 2.25 bits per heavy atom. The van der Waals surface area contributed by atoms with Crippen molar-refractivity contribution in [1.82, 2.24) is 15.0 Å². The fraction of sp³-hybridized carbons (Fsp3) is 0.300. The average Bonchev–Trinajstić information content (AvgIpc) is 2.68. The number of hydrogen-bond acceptors (Lipinski definition) is 6. The third-order valence-electron chi connectivity index (χ3n) is 2.13. The van der Waals surface area contributed by atoms with Crippen molar-refractivity contribution in [2.75, 3.05) is 17.7 Å². The first-order chi connectivity index (χ1) is 7.65. The predicted octanol–water partition coefficient (Wildman–Crippen LogP) is 1.46. The van der Waals surface area contributed by atoms with Gasteiger partial charge in [-0.1, -0.05) is 0 Å². The molecule has 0 aliphatic heterocycles. The second-order valence-electron chi connectivity index (χ2n) is 3.56. The van der Waals surface area contributed by atoms with Crippen LogP contribution in [0.25, 0.3) is 0 Å². The quantitative estimate of drug-likeness (QED) is 0.872. The maximum absolute atomic E-state index is 5.61. The molecular weight excluding hydrogens is 222 g/mol. The molecule has 0 aromatic carbocycles. The molecule has 0 unspecified atom stereocenters. The first kappa shape index (κ1) is 10.8. The zero-order valence-electron chi connectivity index (χ0n) is 9.21. The molecule has 0 radical (unpaired) electrons. The van der Waals surface area contributed by atoms with Crippen LogP contribution in [0.3, 0.4) is 0 Å². The molecule has 0 atom stereocenters. The third kappa shape index (κ3) is 2.46. The molecule has 2 aromatic heterocycles. The topological polar surface area (TPSA) is 67.9 Å². The molecule has 2 heterocycles. The first-order valence-corrected chi connectivity index (χ1v) is 5.79. The lowest BCUT2D eigenvalue weighted by Gasteiger charge is -2.17. The van der Waals surface area contributed by atoms with E-state index >= 15 is 0 Å². The largest absolute Gasteiger partial charge is 0.368 e. The van der Waals surface area contributed by atoms with E-state index in [1.807, 2.05) is 35.8 Å². The Kier molecular flexibility index (Phi) is 3.00. The number of thiazole rings is 1. The van der Waals surface area contributed by atoms with Gasteiger partial charge in [-0.3, -0.25) is 0 Å². The smallest absolute Gasteiger partial charge is 0.222 e. The molecule has 16 heavy (non-hydrogen) atoms. The van der Waals surface area contributed by atoms with E-state index in [4.69, 9.17) is 5.73 Å². The summed E-state index contributed by atoms with van der Waals surface area (Å²) in [5.74, 6) is 1.12. The van der Waals surface area contributed by atoms with Gasteiger partial charge in [0.05, 0.1) is 17.7 Å². The summed E-state index contributed by atoms with van der Waals surface area (Å²) >= 11 is 1.59. The summed E-state index contributed by atoms with van der Waals surface area (Å²) in [5.41, 5.74) is 9.33. The summed E-state index contributed by atoms with van der Waals surface area (Å²) in [6.07, 6.45) is 0. The molecular formula is C10H13N5S. The Balaban J connectivity index is 2.17. The molecule has 2 rings (SSSR count). The van der Waals surface area contributed by atoms with Crippen molar-refractivity contribution in [3.05, 3.63) is 28.3 Å². The second kappa shape index (κ2) is 4.44. The van der Waals surface area contributed by atoms with Gasteiger partial charge in [0.2, 0.25) is 5.95 Å². The zero-order valence-corrected chi connectivity index (χ0v) is 10.0. The van der Waals surface area contributed by atoms with Crippen LogP contribution in [0.15, 0.2) is 17.0 Å². The van der Waals surface area contributed by atoms with Crippen LogP contribution in [-0.2, 0) is 6.54 Å². The van der Waals surface area contributed by atoms with Crippen LogP contribution in [0.4, 0.5) is 11.8 Å². The molecule has 0 bridgehead atoms. The van der Waals surface area contributed by atoms with Crippen molar-refractivity contribution >= 4 is 23.1 Å². The number of nitrogens with zero attached hydrogens (tertiary/aromatic N) is 4. The van der Waals surface area contributed by atoms with Crippen molar-refractivity contribution in [2.24, 2.45) is 0 Å². The van der Waals surface area contributed by atoms with Gasteiger partial charge >= 0.3 is 0 Å². The highest BCUT2D eigenvalue weighted by Gasteiger charge is 2.06. The molecule has 0 amide bonds. The van der Waals surface area contributed by atoms with Crippen molar-refractivity contribution in [2.45, 2.75) is 13.5 Å². The SMILES string of the molecule is Cc1cc(N(C)Cc2cscn2)nc(N)n1. The van der Waals surface area contributed by atoms with E-state index in [1.54, 1.807) is 11.3 Å². The number of aromatic nitrogens is 3. The second-order valence-corrected chi connectivity index (χ2v) is 4.28. The Morgan fingerprint density at radius 3 is 2.88 bits per heavy atom. The fourth-order valence-corrected chi connectivity index (χ4v) is 1.96. The first-order valence-electron chi connectivity index (χ1n) is 4.84. The van der Waals surface area contributed by atoms with E-state index < -0.39 is 0 Å². The predicted molar refractivity (Wildman–Crippen MR) is 65.4 cm³/mol. The van der Waals surface area contributed by atoms with Crippen LogP contribution in [0.5, 0.6) is 0 Å². The molecule has 5 nitrogen and oxygen atoms in total. The molecule has 0 spiro atoms. The number of rotatable bonds is 3. The summed E-state index contributed by atoms with van der Waals surface area (Å²) < 4.78 is 0. The molecule has 0 aliphatic rings. The summed E-state index contributed by atoms with van der Waals surface area (Å²) in [4.78, 5) is 14.5. The van der Waals surface area contributed by atoms with Gasteiger partial charge in [-0.05, 0) is 6.92 Å². The Bertz CT molecular complexity index is 448. The van der Waals surface area contributed by atoms with Crippen LogP contribution in [0.1, 0.15) is 11.4 Å². The van der Waals surface area contributed by atoms with Gasteiger partial charge in [0, 0.05) is 24.2 Å². The van der Waals surface area contributed by atoms with Crippen molar-refractivity contribution in [1.29, 1.82) is 0 Å². The number of nitrogens with two attached hydrogens (primary N) is 1. The summed E-state index contributed by atoms with van der Waals surface area (Å²) in [6.45, 7) is 2.62. The summed E-state index contributed by atoms with van der Waals surface area (Å²) in [6, 6.07) is 1.91. The van der Waals surface area contributed by atoms with Gasteiger partial charge < -0.3 is 10.6 Å². The Hall–Kier alpha value is -1.69. The summed E-state index contributed by atoms with van der Waals surface area (Å²) in [5, 5.41) is 2.02. The molecule has 0 saturated carbocycles. The normalized spacial score (nSPS) is 10.4. The van der Waals surface area contributed by atoms with Gasteiger partial charge in [-0.2, -0.15) is 4.98 Å². The molecule has 0 aliphatic carbocycles. The van der Waals surface area contributed by atoms with E-state index in [0.29, 0.717) is 5.95 Å². The van der Waals surface area contributed by atoms with Crippen LogP contribution < -0.4 is 10.6 Å². The highest BCUT2D eigenvalue weighted by atomic mass is 32.1. The minimum atomic E-state index is 0.306. The fourth-order valence-electron chi connectivity index (χ4n) is 1.41. The van der Waals surface area contributed by atoms with Gasteiger partial charge in [-0.15, -0.1) is 11.3 Å². The van der Waals surface area contributed by atoms with Gasteiger partial charge in [0.1, 0.15) is 5.82 Å². The molecule has 6 heteroatoms. The maximum Gasteiger partial charge on any atom is 0.222 e. The molecule has 2 aromatic rings. The van der Waals surface area contributed by atoms with E-state index in [0.717, 1.165) is 23.8 Å².